The Bertz CT molecular complexity index is 518. The van der Waals surface area contributed by atoms with E-state index in [1.165, 1.54) is 13.8 Å². The molecule has 1 aromatic carbocycles. The van der Waals surface area contributed by atoms with Gasteiger partial charge in [-0.2, -0.15) is 0 Å². The molecular weight excluding hydrogens is 303 g/mol. The largest absolute Gasteiger partial charge is 0.480 e. The lowest BCUT2D eigenvalue weighted by Gasteiger charge is -2.21. The second-order valence-electron chi connectivity index (χ2n) is 4.80. The molecule has 1 aromatic rings. The van der Waals surface area contributed by atoms with Crippen molar-refractivity contribution < 1.29 is 14.7 Å². The molecular formula is C13H16Cl2N2O3. The van der Waals surface area contributed by atoms with E-state index in [0.29, 0.717) is 23.0 Å². The van der Waals surface area contributed by atoms with Crippen molar-refractivity contribution in [2.75, 3.05) is 6.54 Å². The maximum absolute atomic E-state index is 11.6. The average Bonchev–Trinajstić information content (AvgIpc) is 2.31. The zero-order chi connectivity index (χ0) is 15.3. The van der Waals surface area contributed by atoms with Gasteiger partial charge in [-0.1, -0.05) is 29.3 Å². The molecule has 0 atom stereocenters. The molecule has 0 saturated carbocycles. The lowest BCUT2D eigenvalue weighted by Crippen LogP contribution is -2.53. The highest BCUT2D eigenvalue weighted by Gasteiger charge is 2.28. The first-order valence-electron chi connectivity index (χ1n) is 5.95. The summed E-state index contributed by atoms with van der Waals surface area (Å²) in [5.74, 6) is -1.10. The molecule has 0 aliphatic heterocycles. The van der Waals surface area contributed by atoms with Crippen molar-refractivity contribution in [2.24, 2.45) is 0 Å². The van der Waals surface area contributed by atoms with Crippen molar-refractivity contribution in [1.82, 2.24) is 10.6 Å². The molecule has 0 aliphatic rings. The van der Waals surface area contributed by atoms with E-state index < -0.39 is 17.5 Å². The second-order valence-corrected chi connectivity index (χ2v) is 5.64. The van der Waals surface area contributed by atoms with Gasteiger partial charge in [0.1, 0.15) is 5.54 Å². The van der Waals surface area contributed by atoms with E-state index in [0.717, 1.165) is 5.56 Å². The number of nitrogens with one attached hydrogen (secondary N) is 2. The highest BCUT2D eigenvalue weighted by atomic mass is 35.5. The lowest BCUT2D eigenvalue weighted by atomic mass is 10.1. The number of urea groups is 1. The Morgan fingerprint density at radius 3 is 2.50 bits per heavy atom. The molecule has 110 valence electrons. The Morgan fingerprint density at radius 1 is 1.30 bits per heavy atom. The van der Waals surface area contributed by atoms with E-state index in [1.807, 2.05) is 0 Å². The number of carbonyl (C=O) groups excluding carboxylic acids is 1. The van der Waals surface area contributed by atoms with Gasteiger partial charge in [0.15, 0.2) is 0 Å². The molecule has 0 fully saturated rings. The molecule has 0 unspecified atom stereocenters. The third-order valence-corrected chi connectivity index (χ3v) is 3.24. The zero-order valence-corrected chi connectivity index (χ0v) is 12.7. The number of amides is 2. The molecule has 3 N–H and O–H groups in total. The molecule has 0 spiro atoms. The summed E-state index contributed by atoms with van der Waals surface area (Å²) in [6.45, 7) is 3.15. The van der Waals surface area contributed by atoms with Gasteiger partial charge < -0.3 is 15.7 Å². The third kappa shape index (κ3) is 4.90. The molecule has 0 heterocycles. The molecule has 1 rings (SSSR count). The number of benzene rings is 1. The normalized spacial score (nSPS) is 11.0. The number of carboxylic acids is 1. The van der Waals surface area contributed by atoms with Crippen LogP contribution in [0.3, 0.4) is 0 Å². The first-order chi connectivity index (χ1) is 9.22. The van der Waals surface area contributed by atoms with E-state index in [-0.39, 0.29) is 0 Å². The predicted octanol–water partition coefficient (Wildman–Crippen LogP) is 2.70. The van der Waals surface area contributed by atoms with Crippen LogP contribution in [0, 0.1) is 0 Å². The highest BCUT2D eigenvalue weighted by Crippen LogP contribution is 2.20. The van der Waals surface area contributed by atoms with Crippen molar-refractivity contribution in [2.45, 2.75) is 25.8 Å². The quantitative estimate of drug-likeness (QED) is 0.781. The molecule has 2 amide bonds. The van der Waals surface area contributed by atoms with E-state index in [1.54, 1.807) is 18.2 Å². The number of halogens is 2. The first-order valence-corrected chi connectivity index (χ1v) is 6.71. The summed E-state index contributed by atoms with van der Waals surface area (Å²) < 4.78 is 0. The van der Waals surface area contributed by atoms with Gasteiger partial charge in [0, 0.05) is 16.6 Å². The third-order valence-electron chi connectivity index (χ3n) is 2.66. The number of rotatable bonds is 5. The number of hydrogen-bond donors (Lipinski definition) is 3. The monoisotopic (exact) mass is 318 g/mol. The average molecular weight is 319 g/mol. The number of aliphatic carboxylic acids is 1. The SMILES string of the molecule is CC(C)(NC(=O)NCCc1ccc(Cl)cc1Cl)C(=O)O. The predicted molar refractivity (Wildman–Crippen MR) is 78.4 cm³/mol. The molecule has 0 saturated heterocycles. The van der Waals surface area contributed by atoms with Crippen LogP contribution in [0.1, 0.15) is 19.4 Å². The van der Waals surface area contributed by atoms with Crippen LogP contribution in [0.25, 0.3) is 0 Å². The minimum atomic E-state index is -1.32. The standard InChI is InChI=1S/C13H16Cl2N2O3/c1-13(2,11(18)19)17-12(20)16-6-5-8-3-4-9(14)7-10(8)15/h3-4,7H,5-6H2,1-2H3,(H,18,19)(H2,16,17,20). The smallest absolute Gasteiger partial charge is 0.328 e. The highest BCUT2D eigenvalue weighted by molar-refractivity contribution is 6.35. The lowest BCUT2D eigenvalue weighted by molar-refractivity contribution is -0.142. The minimum absolute atomic E-state index is 0.336. The Balaban J connectivity index is 2.45. The fourth-order valence-corrected chi connectivity index (χ4v) is 1.92. The maximum atomic E-state index is 11.6. The van der Waals surface area contributed by atoms with Gasteiger partial charge in [0.25, 0.3) is 0 Å². The van der Waals surface area contributed by atoms with E-state index in [9.17, 15) is 9.59 Å². The molecule has 0 aliphatic carbocycles. The summed E-state index contributed by atoms with van der Waals surface area (Å²) in [5.41, 5.74) is -0.462. The van der Waals surface area contributed by atoms with Gasteiger partial charge in [-0.3, -0.25) is 0 Å². The van der Waals surface area contributed by atoms with E-state index in [2.05, 4.69) is 10.6 Å². The Morgan fingerprint density at radius 2 is 1.95 bits per heavy atom. The fraction of sp³-hybridized carbons (Fsp3) is 0.385. The minimum Gasteiger partial charge on any atom is -0.480 e. The molecule has 0 radical (unpaired) electrons. The van der Waals surface area contributed by atoms with Crippen LogP contribution in [0.15, 0.2) is 18.2 Å². The summed E-state index contributed by atoms with van der Waals surface area (Å²) in [7, 11) is 0. The van der Waals surface area contributed by atoms with Crippen LogP contribution < -0.4 is 10.6 Å². The Kier molecular flexibility index (Phi) is 5.65. The van der Waals surface area contributed by atoms with Crippen LogP contribution in [0.2, 0.25) is 10.0 Å². The van der Waals surface area contributed by atoms with Crippen LogP contribution >= 0.6 is 23.2 Å². The van der Waals surface area contributed by atoms with Crippen molar-refractivity contribution in [3.05, 3.63) is 33.8 Å². The van der Waals surface area contributed by atoms with E-state index in [4.69, 9.17) is 28.3 Å². The number of carboxylic acid groups (broad SMARTS) is 1. The van der Waals surface area contributed by atoms with Gasteiger partial charge >= 0.3 is 12.0 Å². The fourth-order valence-electron chi connectivity index (χ4n) is 1.42. The van der Waals surface area contributed by atoms with Gasteiger partial charge in [-0.05, 0) is 38.0 Å². The van der Waals surface area contributed by atoms with Crippen molar-refractivity contribution in [3.63, 3.8) is 0 Å². The number of carbonyl (C=O) groups is 2. The van der Waals surface area contributed by atoms with Crippen LogP contribution in [0.5, 0.6) is 0 Å². The number of hydrogen-bond acceptors (Lipinski definition) is 2. The summed E-state index contributed by atoms with van der Waals surface area (Å²) in [4.78, 5) is 22.4. The molecule has 0 bridgehead atoms. The molecule has 20 heavy (non-hydrogen) atoms. The van der Waals surface area contributed by atoms with Crippen molar-refractivity contribution >= 4 is 35.2 Å². The molecule has 5 nitrogen and oxygen atoms in total. The molecule has 0 aromatic heterocycles. The summed E-state index contributed by atoms with van der Waals surface area (Å²) in [6.07, 6.45) is 0.525. The zero-order valence-electron chi connectivity index (χ0n) is 11.2. The van der Waals surface area contributed by atoms with Gasteiger partial charge in [0.05, 0.1) is 0 Å². The van der Waals surface area contributed by atoms with Crippen LogP contribution in [-0.4, -0.2) is 29.2 Å². The first kappa shape index (κ1) is 16.6. The van der Waals surface area contributed by atoms with Gasteiger partial charge in [0.2, 0.25) is 0 Å². The Hall–Kier alpha value is -1.46. The Labute approximate surface area is 127 Å². The summed E-state index contributed by atoms with van der Waals surface area (Å²) in [6, 6.07) is 4.59. The van der Waals surface area contributed by atoms with Crippen molar-refractivity contribution in [1.29, 1.82) is 0 Å². The van der Waals surface area contributed by atoms with E-state index >= 15 is 0 Å². The van der Waals surface area contributed by atoms with Crippen LogP contribution in [0.4, 0.5) is 4.79 Å². The van der Waals surface area contributed by atoms with Crippen LogP contribution in [-0.2, 0) is 11.2 Å². The second kappa shape index (κ2) is 6.81. The van der Waals surface area contributed by atoms with Crippen molar-refractivity contribution in [3.8, 4) is 0 Å². The molecule has 7 heteroatoms. The van der Waals surface area contributed by atoms with Gasteiger partial charge in [-0.25, -0.2) is 9.59 Å². The van der Waals surface area contributed by atoms with Gasteiger partial charge in [-0.15, -0.1) is 0 Å². The maximum Gasteiger partial charge on any atom is 0.328 e. The summed E-state index contributed by atoms with van der Waals surface area (Å²) in [5, 5.41) is 14.9. The topological polar surface area (TPSA) is 78.4 Å². The summed E-state index contributed by atoms with van der Waals surface area (Å²) >= 11 is 11.8.